The monoisotopic (exact) mass is 387 g/mol. The van der Waals surface area contributed by atoms with Gasteiger partial charge in [0.2, 0.25) is 5.91 Å². The minimum Gasteiger partial charge on any atom is -0.494 e. The number of hydrogen-bond acceptors (Lipinski definition) is 6. The van der Waals surface area contributed by atoms with Crippen LogP contribution in [0.2, 0.25) is 0 Å². The lowest BCUT2D eigenvalue weighted by Crippen LogP contribution is -2.16. The summed E-state index contributed by atoms with van der Waals surface area (Å²) in [5.41, 5.74) is 1.60. The molecule has 0 aliphatic rings. The summed E-state index contributed by atoms with van der Waals surface area (Å²) in [7, 11) is 4.21. The summed E-state index contributed by atoms with van der Waals surface area (Å²) >= 11 is 0. The van der Waals surface area contributed by atoms with Crippen LogP contribution in [0.25, 0.3) is 0 Å². The molecule has 0 spiro atoms. The van der Waals surface area contributed by atoms with E-state index in [9.17, 15) is 9.59 Å². The Balaban J connectivity index is 1.99. The molecule has 0 atom stereocenters. The number of rotatable bonds is 9. The van der Waals surface area contributed by atoms with Gasteiger partial charge in [0.15, 0.2) is 11.5 Å². The van der Waals surface area contributed by atoms with E-state index in [1.807, 2.05) is 31.2 Å². The van der Waals surface area contributed by atoms with Crippen molar-refractivity contribution in [2.24, 2.45) is 0 Å². The van der Waals surface area contributed by atoms with Gasteiger partial charge in [0, 0.05) is 18.6 Å². The van der Waals surface area contributed by atoms with Gasteiger partial charge in [-0.3, -0.25) is 4.79 Å². The van der Waals surface area contributed by atoms with E-state index in [2.05, 4.69) is 5.32 Å². The molecule has 7 heteroatoms. The van der Waals surface area contributed by atoms with Crippen LogP contribution in [0.15, 0.2) is 36.4 Å². The topological polar surface area (TPSA) is 83.1 Å². The van der Waals surface area contributed by atoms with Gasteiger partial charge in [0.25, 0.3) is 0 Å². The van der Waals surface area contributed by atoms with Crippen molar-refractivity contribution in [3.05, 3.63) is 47.5 Å². The van der Waals surface area contributed by atoms with Gasteiger partial charge in [-0.2, -0.15) is 0 Å². The fraction of sp³-hybridized carbons (Fsp3) is 0.333. The largest absolute Gasteiger partial charge is 0.494 e. The van der Waals surface area contributed by atoms with Crippen LogP contribution >= 0.6 is 0 Å². The molecule has 2 rings (SSSR count). The highest BCUT2D eigenvalue weighted by Gasteiger charge is 2.19. The number of hydrogen-bond donors (Lipinski definition) is 1. The van der Waals surface area contributed by atoms with E-state index in [4.69, 9.17) is 18.9 Å². The van der Waals surface area contributed by atoms with Crippen LogP contribution in [-0.4, -0.2) is 39.8 Å². The Hall–Kier alpha value is -3.22. The Morgan fingerprint density at radius 1 is 1.00 bits per heavy atom. The molecule has 0 aliphatic carbocycles. The van der Waals surface area contributed by atoms with Crippen LogP contribution in [0.4, 0.5) is 5.69 Å². The fourth-order valence-corrected chi connectivity index (χ4v) is 2.60. The molecular formula is C21H25NO6. The molecular weight excluding hydrogens is 362 g/mol. The summed E-state index contributed by atoms with van der Waals surface area (Å²) < 4.78 is 20.9. The van der Waals surface area contributed by atoms with Gasteiger partial charge in [0.1, 0.15) is 5.75 Å². The number of esters is 1. The zero-order valence-corrected chi connectivity index (χ0v) is 16.5. The van der Waals surface area contributed by atoms with Crippen LogP contribution in [0.5, 0.6) is 17.2 Å². The Labute approximate surface area is 164 Å². The number of ether oxygens (including phenoxy) is 4. The Bertz CT molecular complexity index is 834. The Morgan fingerprint density at radius 2 is 1.71 bits per heavy atom. The lowest BCUT2D eigenvalue weighted by molar-refractivity contribution is -0.116. The number of carbonyl (C=O) groups excluding carboxylic acids is 2. The lowest BCUT2D eigenvalue weighted by Gasteiger charge is -2.14. The van der Waals surface area contributed by atoms with Gasteiger partial charge in [-0.1, -0.05) is 12.1 Å². The molecule has 150 valence electrons. The molecule has 0 saturated carbocycles. The highest BCUT2D eigenvalue weighted by atomic mass is 16.5. The maximum absolute atomic E-state index is 12.3. The average Bonchev–Trinajstić information content (AvgIpc) is 2.70. The van der Waals surface area contributed by atoms with Crippen molar-refractivity contribution in [3.8, 4) is 17.2 Å². The quantitative estimate of drug-likeness (QED) is 0.523. The maximum atomic E-state index is 12.3. The molecule has 0 fully saturated rings. The number of nitrogens with one attached hydrogen (secondary N) is 1. The van der Waals surface area contributed by atoms with E-state index >= 15 is 0 Å². The molecule has 0 aliphatic heterocycles. The standard InChI is InChI=1S/C21H25NO6/c1-14-7-5-8-15(11-14)28-10-6-9-20(23)22-17-13-19(26-3)18(25-2)12-16(17)21(24)27-4/h5,7-8,11-13H,6,9-10H2,1-4H3,(H,22,23). The van der Waals surface area contributed by atoms with Gasteiger partial charge in [0.05, 0.1) is 39.2 Å². The second-order valence-electron chi connectivity index (χ2n) is 6.06. The van der Waals surface area contributed by atoms with Crippen LogP contribution in [-0.2, 0) is 9.53 Å². The highest BCUT2D eigenvalue weighted by Crippen LogP contribution is 2.33. The van der Waals surface area contributed by atoms with Crippen LogP contribution in [0, 0.1) is 6.92 Å². The third-order valence-electron chi connectivity index (χ3n) is 4.01. The zero-order valence-electron chi connectivity index (χ0n) is 16.5. The first kappa shape index (κ1) is 21.1. The first-order valence-electron chi connectivity index (χ1n) is 8.82. The number of methoxy groups -OCH3 is 3. The number of benzene rings is 2. The number of aryl methyl sites for hydroxylation is 1. The van der Waals surface area contributed by atoms with Gasteiger partial charge in [-0.15, -0.1) is 0 Å². The second kappa shape index (κ2) is 10.2. The third kappa shape index (κ3) is 5.64. The van der Waals surface area contributed by atoms with Crippen molar-refractivity contribution < 1.29 is 28.5 Å². The molecule has 0 aromatic heterocycles. The molecule has 0 bridgehead atoms. The van der Waals surface area contributed by atoms with Crippen LogP contribution in [0.3, 0.4) is 0 Å². The minimum atomic E-state index is -0.584. The van der Waals surface area contributed by atoms with Gasteiger partial charge in [-0.05, 0) is 31.0 Å². The van der Waals surface area contributed by atoms with Gasteiger partial charge in [-0.25, -0.2) is 4.79 Å². The van der Waals surface area contributed by atoms with Crippen molar-refractivity contribution in [2.75, 3.05) is 33.3 Å². The molecule has 7 nitrogen and oxygen atoms in total. The molecule has 0 unspecified atom stereocenters. The van der Waals surface area contributed by atoms with Crippen molar-refractivity contribution in [1.29, 1.82) is 0 Å². The maximum Gasteiger partial charge on any atom is 0.340 e. The van der Waals surface area contributed by atoms with E-state index < -0.39 is 5.97 Å². The highest BCUT2D eigenvalue weighted by molar-refractivity contribution is 6.02. The molecule has 28 heavy (non-hydrogen) atoms. The average molecular weight is 387 g/mol. The van der Waals surface area contributed by atoms with Gasteiger partial charge >= 0.3 is 5.97 Å². The molecule has 2 aromatic rings. The van der Waals surface area contributed by atoms with Crippen molar-refractivity contribution in [2.45, 2.75) is 19.8 Å². The predicted molar refractivity (Wildman–Crippen MR) is 105 cm³/mol. The molecule has 2 aromatic carbocycles. The normalized spacial score (nSPS) is 10.1. The lowest BCUT2D eigenvalue weighted by atomic mass is 10.1. The first-order valence-corrected chi connectivity index (χ1v) is 8.82. The Kier molecular flexibility index (Phi) is 7.68. The summed E-state index contributed by atoms with van der Waals surface area (Å²) in [5.74, 6) is 0.707. The summed E-state index contributed by atoms with van der Waals surface area (Å²) in [4.78, 5) is 24.3. The van der Waals surface area contributed by atoms with Crippen molar-refractivity contribution in [3.63, 3.8) is 0 Å². The van der Waals surface area contributed by atoms with E-state index in [0.717, 1.165) is 11.3 Å². The van der Waals surface area contributed by atoms with Crippen molar-refractivity contribution >= 4 is 17.6 Å². The van der Waals surface area contributed by atoms with Crippen molar-refractivity contribution in [1.82, 2.24) is 0 Å². The number of carbonyl (C=O) groups is 2. The molecule has 1 N–H and O–H groups in total. The van der Waals surface area contributed by atoms with Crippen LogP contribution in [0.1, 0.15) is 28.8 Å². The predicted octanol–water partition coefficient (Wildman–Crippen LogP) is 3.60. The molecule has 1 amide bonds. The summed E-state index contributed by atoms with van der Waals surface area (Å²) in [6.45, 7) is 2.40. The smallest absolute Gasteiger partial charge is 0.340 e. The van der Waals surface area contributed by atoms with E-state index in [-0.39, 0.29) is 17.9 Å². The van der Waals surface area contributed by atoms with Gasteiger partial charge < -0.3 is 24.3 Å². The van der Waals surface area contributed by atoms with E-state index in [1.165, 1.54) is 33.5 Å². The SMILES string of the molecule is COC(=O)c1cc(OC)c(OC)cc1NC(=O)CCCOc1cccc(C)c1. The minimum absolute atomic E-state index is 0.185. The number of amides is 1. The third-order valence-corrected chi connectivity index (χ3v) is 4.01. The summed E-state index contributed by atoms with van der Waals surface area (Å²) in [6, 6.07) is 10.7. The summed E-state index contributed by atoms with van der Waals surface area (Å²) in [5, 5.41) is 2.73. The first-order chi connectivity index (χ1) is 13.5. The van der Waals surface area contributed by atoms with E-state index in [0.29, 0.717) is 30.2 Å². The fourth-order valence-electron chi connectivity index (χ4n) is 2.60. The summed E-state index contributed by atoms with van der Waals surface area (Å²) in [6.07, 6.45) is 0.765. The number of anilines is 1. The molecule has 0 heterocycles. The second-order valence-corrected chi connectivity index (χ2v) is 6.06. The Morgan fingerprint density at radius 3 is 2.36 bits per heavy atom. The van der Waals surface area contributed by atoms with E-state index in [1.54, 1.807) is 0 Å². The van der Waals surface area contributed by atoms with Crippen LogP contribution < -0.4 is 19.5 Å². The molecule has 0 saturated heterocycles. The zero-order chi connectivity index (χ0) is 20.5. The molecule has 0 radical (unpaired) electrons.